The Morgan fingerprint density at radius 1 is 1.44 bits per heavy atom. The number of rotatable bonds is 5. The summed E-state index contributed by atoms with van der Waals surface area (Å²) in [4.78, 5) is 14.1. The third kappa shape index (κ3) is 3.10. The summed E-state index contributed by atoms with van der Waals surface area (Å²) in [5.41, 5.74) is 7.46. The third-order valence-electron chi connectivity index (χ3n) is 3.71. The molecule has 0 aromatic heterocycles. The van der Waals surface area contributed by atoms with Gasteiger partial charge in [0.25, 0.3) is 5.91 Å². The Hall–Kier alpha value is -1.35. The quantitative estimate of drug-likeness (QED) is 0.864. The van der Waals surface area contributed by atoms with Crippen LogP contribution in [0, 0.1) is 5.92 Å². The molecule has 0 spiro atoms. The van der Waals surface area contributed by atoms with Crippen molar-refractivity contribution in [1.82, 2.24) is 4.90 Å². The van der Waals surface area contributed by atoms with Gasteiger partial charge in [0, 0.05) is 19.2 Å². The van der Waals surface area contributed by atoms with Crippen molar-refractivity contribution in [3.63, 3.8) is 0 Å². The second-order valence-electron chi connectivity index (χ2n) is 5.22. The van der Waals surface area contributed by atoms with Crippen molar-refractivity contribution < 1.29 is 4.79 Å². The molecule has 1 aromatic carbocycles. The normalized spacial score (nSPS) is 15.2. The van der Waals surface area contributed by atoms with E-state index in [0.29, 0.717) is 12.5 Å². The predicted octanol–water partition coefficient (Wildman–Crippen LogP) is 2.06. The molecule has 0 saturated heterocycles. The molecule has 2 N–H and O–H groups in total. The third-order valence-corrected chi connectivity index (χ3v) is 3.71. The summed E-state index contributed by atoms with van der Waals surface area (Å²) < 4.78 is 0. The van der Waals surface area contributed by atoms with Crippen LogP contribution >= 0.6 is 0 Å². The smallest absolute Gasteiger partial charge is 0.253 e. The van der Waals surface area contributed by atoms with Gasteiger partial charge in [-0.05, 0) is 49.4 Å². The molecule has 3 heteroatoms. The van der Waals surface area contributed by atoms with Crippen LogP contribution in [-0.4, -0.2) is 30.9 Å². The van der Waals surface area contributed by atoms with Crippen molar-refractivity contribution in [2.45, 2.75) is 25.7 Å². The Labute approximate surface area is 109 Å². The van der Waals surface area contributed by atoms with Crippen LogP contribution in [0.5, 0.6) is 0 Å². The van der Waals surface area contributed by atoms with Gasteiger partial charge in [-0.15, -0.1) is 0 Å². The lowest BCUT2D eigenvalue weighted by molar-refractivity contribution is 0.0745. The van der Waals surface area contributed by atoms with E-state index >= 15 is 0 Å². The van der Waals surface area contributed by atoms with E-state index in [9.17, 15) is 4.79 Å². The average molecular weight is 246 g/mol. The van der Waals surface area contributed by atoms with E-state index in [2.05, 4.69) is 0 Å². The number of nitrogens with zero attached hydrogens (tertiary/aromatic N) is 1. The van der Waals surface area contributed by atoms with Crippen LogP contribution in [-0.2, 0) is 6.42 Å². The Morgan fingerprint density at radius 2 is 2.22 bits per heavy atom. The average Bonchev–Trinajstić information content (AvgIpc) is 2.33. The summed E-state index contributed by atoms with van der Waals surface area (Å²) in [6, 6.07) is 7.82. The fourth-order valence-electron chi connectivity index (χ4n) is 2.39. The van der Waals surface area contributed by atoms with Crippen molar-refractivity contribution in [1.29, 1.82) is 0 Å². The van der Waals surface area contributed by atoms with E-state index < -0.39 is 0 Å². The van der Waals surface area contributed by atoms with Gasteiger partial charge in [0.2, 0.25) is 0 Å². The number of benzene rings is 1. The molecule has 1 aliphatic carbocycles. The van der Waals surface area contributed by atoms with Gasteiger partial charge in [-0.1, -0.05) is 18.6 Å². The number of carbonyl (C=O) groups is 1. The van der Waals surface area contributed by atoms with Gasteiger partial charge in [-0.25, -0.2) is 0 Å². The van der Waals surface area contributed by atoms with E-state index in [4.69, 9.17) is 5.73 Å². The van der Waals surface area contributed by atoms with Gasteiger partial charge in [0.15, 0.2) is 0 Å². The molecule has 1 saturated carbocycles. The maximum Gasteiger partial charge on any atom is 0.253 e. The van der Waals surface area contributed by atoms with Crippen LogP contribution in [0.4, 0.5) is 0 Å². The zero-order valence-electron chi connectivity index (χ0n) is 11.1. The van der Waals surface area contributed by atoms with Gasteiger partial charge in [0.05, 0.1) is 0 Å². The number of nitrogens with two attached hydrogens (primary N) is 1. The molecule has 0 heterocycles. The van der Waals surface area contributed by atoms with Gasteiger partial charge in [-0.3, -0.25) is 4.79 Å². The highest BCUT2D eigenvalue weighted by Gasteiger charge is 2.21. The first-order chi connectivity index (χ1) is 8.70. The lowest BCUT2D eigenvalue weighted by atomic mass is 9.85. The molecule has 0 unspecified atom stereocenters. The molecule has 18 heavy (non-hydrogen) atoms. The van der Waals surface area contributed by atoms with Crippen molar-refractivity contribution in [3.05, 3.63) is 35.4 Å². The van der Waals surface area contributed by atoms with E-state index in [-0.39, 0.29) is 5.91 Å². The van der Waals surface area contributed by atoms with E-state index in [1.165, 1.54) is 19.3 Å². The largest absolute Gasteiger partial charge is 0.341 e. The van der Waals surface area contributed by atoms with Crippen molar-refractivity contribution in [2.24, 2.45) is 11.7 Å². The molecule has 1 amide bonds. The second-order valence-corrected chi connectivity index (χ2v) is 5.22. The maximum absolute atomic E-state index is 12.3. The molecule has 1 aliphatic rings. The van der Waals surface area contributed by atoms with E-state index in [1.54, 1.807) is 0 Å². The SMILES string of the molecule is CN(CC1CCC1)C(=O)c1cccc(CCN)c1. The van der Waals surface area contributed by atoms with Crippen LogP contribution in [0.25, 0.3) is 0 Å². The van der Waals surface area contributed by atoms with Gasteiger partial charge in [-0.2, -0.15) is 0 Å². The Morgan fingerprint density at radius 3 is 2.83 bits per heavy atom. The van der Waals surface area contributed by atoms with Gasteiger partial charge in [0.1, 0.15) is 0 Å². The minimum atomic E-state index is 0.126. The molecule has 0 radical (unpaired) electrons. The summed E-state index contributed by atoms with van der Waals surface area (Å²) in [6.07, 6.45) is 4.68. The predicted molar refractivity (Wildman–Crippen MR) is 73.5 cm³/mol. The number of carbonyl (C=O) groups excluding carboxylic acids is 1. The first-order valence-electron chi connectivity index (χ1n) is 6.75. The Bertz CT molecular complexity index is 413. The highest BCUT2D eigenvalue weighted by molar-refractivity contribution is 5.94. The van der Waals surface area contributed by atoms with Gasteiger partial charge < -0.3 is 10.6 Å². The Balaban J connectivity index is 2.00. The van der Waals surface area contributed by atoms with E-state index in [0.717, 1.165) is 24.1 Å². The summed E-state index contributed by atoms with van der Waals surface area (Å²) in [5, 5.41) is 0. The van der Waals surface area contributed by atoms with Crippen molar-refractivity contribution in [2.75, 3.05) is 20.1 Å². The Kier molecular flexibility index (Phi) is 4.37. The summed E-state index contributed by atoms with van der Waals surface area (Å²) in [6.45, 7) is 1.51. The van der Waals surface area contributed by atoms with Gasteiger partial charge >= 0.3 is 0 Å². The highest BCUT2D eigenvalue weighted by atomic mass is 16.2. The molecule has 98 valence electrons. The fourth-order valence-corrected chi connectivity index (χ4v) is 2.39. The minimum absolute atomic E-state index is 0.126. The van der Waals surface area contributed by atoms with Crippen LogP contribution in [0.3, 0.4) is 0 Å². The van der Waals surface area contributed by atoms with Crippen molar-refractivity contribution >= 4 is 5.91 Å². The van der Waals surface area contributed by atoms with Crippen LogP contribution in [0.15, 0.2) is 24.3 Å². The fraction of sp³-hybridized carbons (Fsp3) is 0.533. The molecule has 0 atom stereocenters. The highest BCUT2D eigenvalue weighted by Crippen LogP contribution is 2.27. The van der Waals surface area contributed by atoms with E-state index in [1.807, 2.05) is 36.2 Å². The summed E-state index contributed by atoms with van der Waals surface area (Å²) in [5.74, 6) is 0.840. The van der Waals surface area contributed by atoms with Crippen LogP contribution < -0.4 is 5.73 Å². The number of amides is 1. The first kappa shape index (κ1) is 13.1. The molecule has 0 aliphatic heterocycles. The lowest BCUT2D eigenvalue weighted by Crippen LogP contribution is -2.34. The molecule has 0 bridgehead atoms. The van der Waals surface area contributed by atoms with Crippen molar-refractivity contribution in [3.8, 4) is 0 Å². The molecular formula is C15H22N2O. The topological polar surface area (TPSA) is 46.3 Å². The number of hydrogen-bond donors (Lipinski definition) is 1. The van der Waals surface area contributed by atoms with Crippen LogP contribution in [0.1, 0.15) is 35.2 Å². The lowest BCUT2D eigenvalue weighted by Gasteiger charge is -2.30. The molecule has 3 nitrogen and oxygen atoms in total. The second kappa shape index (κ2) is 6.01. The molecule has 1 fully saturated rings. The number of hydrogen-bond acceptors (Lipinski definition) is 2. The standard InChI is InChI=1S/C15H22N2O/c1-17(11-13-5-2-6-13)15(18)14-7-3-4-12(10-14)8-9-16/h3-4,7,10,13H,2,5-6,8-9,11,16H2,1H3. The maximum atomic E-state index is 12.3. The monoisotopic (exact) mass is 246 g/mol. The summed E-state index contributed by atoms with van der Waals surface area (Å²) in [7, 11) is 1.90. The molecule has 1 aromatic rings. The summed E-state index contributed by atoms with van der Waals surface area (Å²) >= 11 is 0. The first-order valence-corrected chi connectivity index (χ1v) is 6.75. The van der Waals surface area contributed by atoms with Crippen LogP contribution in [0.2, 0.25) is 0 Å². The molecular weight excluding hydrogens is 224 g/mol. The zero-order valence-corrected chi connectivity index (χ0v) is 11.1. The molecule has 2 rings (SSSR count). The minimum Gasteiger partial charge on any atom is -0.341 e. The zero-order chi connectivity index (χ0) is 13.0.